The van der Waals surface area contributed by atoms with Crippen molar-refractivity contribution in [3.05, 3.63) is 29.8 Å². The highest BCUT2D eigenvalue weighted by Gasteiger charge is 2.37. The quantitative estimate of drug-likeness (QED) is 0.700. The number of benzene rings is 1. The molecule has 0 saturated heterocycles. The molecule has 4 heteroatoms. The van der Waals surface area contributed by atoms with Gasteiger partial charge in [-0.05, 0) is 37.5 Å². The van der Waals surface area contributed by atoms with E-state index >= 15 is 0 Å². The number of rotatable bonds is 3. The maximum absolute atomic E-state index is 11.9. The Kier molecular flexibility index (Phi) is 3.21. The zero-order valence-corrected chi connectivity index (χ0v) is 9.83. The number of amides is 1. The van der Waals surface area contributed by atoms with Crippen molar-refractivity contribution in [1.29, 1.82) is 0 Å². The lowest BCUT2D eigenvalue weighted by Crippen LogP contribution is -2.56. The highest BCUT2D eigenvalue weighted by atomic mass is 32.1. The normalized spacial score (nSPS) is 17.6. The van der Waals surface area contributed by atoms with Crippen LogP contribution in [0.15, 0.2) is 29.2 Å². The number of aliphatic hydroxyl groups excluding tert-OH is 1. The third-order valence-corrected chi connectivity index (χ3v) is 3.38. The maximum Gasteiger partial charge on any atom is 0.251 e. The summed E-state index contributed by atoms with van der Waals surface area (Å²) in [4.78, 5) is 12.7. The average molecular weight is 237 g/mol. The van der Waals surface area contributed by atoms with Gasteiger partial charge in [0.15, 0.2) is 0 Å². The van der Waals surface area contributed by atoms with Crippen molar-refractivity contribution in [1.82, 2.24) is 5.32 Å². The minimum Gasteiger partial charge on any atom is -0.394 e. The molecular formula is C12H15NO2S. The summed E-state index contributed by atoms with van der Waals surface area (Å²) in [5.74, 6) is -0.135. The third kappa shape index (κ3) is 2.23. The Bertz CT molecular complexity index is 396. The van der Waals surface area contributed by atoms with Crippen LogP contribution < -0.4 is 5.32 Å². The van der Waals surface area contributed by atoms with Gasteiger partial charge >= 0.3 is 0 Å². The molecule has 1 aliphatic carbocycles. The number of hydrogen-bond acceptors (Lipinski definition) is 3. The fraction of sp³-hybridized carbons (Fsp3) is 0.417. The lowest BCUT2D eigenvalue weighted by molar-refractivity contribution is 0.0641. The molecule has 0 aliphatic heterocycles. The van der Waals surface area contributed by atoms with Crippen LogP contribution in [0.4, 0.5) is 0 Å². The second-order valence-corrected chi connectivity index (χ2v) is 4.81. The Labute approximate surface area is 100 Å². The van der Waals surface area contributed by atoms with Crippen molar-refractivity contribution in [2.45, 2.75) is 29.7 Å². The van der Waals surface area contributed by atoms with E-state index < -0.39 is 0 Å². The van der Waals surface area contributed by atoms with Crippen LogP contribution in [0.1, 0.15) is 29.6 Å². The standard InChI is InChI=1S/C12H15NO2S/c14-8-12(5-2-6-12)13-11(15)9-3-1-4-10(16)7-9/h1,3-4,7,14,16H,2,5-6,8H2,(H,13,15). The molecule has 0 atom stereocenters. The number of hydrogen-bond donors (Lipinski definition) is 3. The molecule has 2 rings (SSSR count). The highest BCUT2D eigenvalue weighted by Crippen LogP contribution is 2.31. The summed E-state index contributed by atoms with van der Waals surface area (Å²) in [6, 6.07) is 7.09. The van der Waals surface area contributed by atoms with Gasteiger partial charge in [-0.15, -0.1) is 12.6 Å². The molecule has 16 heavy (non-hydrogen) atoms. The van der Waals surface area contributed by atoms with Crippen molar-refractivity contribution in [2.75, 3.05) is 6.61 Å². The first-order chi connectivity index (χ1) is 7.65. The van der Waals surface area contributed by atoms with E-state index in [0.717, 1.165) is 24.2 Å². The number of aliphatic hydroxyl groups is 1. The molecule has 0 bridgehead atoms. The first kappa shape index (κ1) is 11.5. The fourth-order valence-electron chi connectivity index (χ4n) is 1.89. The lowest BCUT2D eigenvalue weighted by atomic mass is 9.77. The van der Waals surface area contributed by atoms with Gasteiger partial charge in [-0.3, -0.25) is 4.79 Å². The van der Waals surface area contributed by atoms with Crippen LogP contribution in [0.3, 0.4) is 0 Å². The van der Waals surface area contributed by atoms with Crippen LogP contribution in [0.5, 0.6) is 0 Å². The van der Waals surface area contributed by atoms with Gasteiger partial charge in [-0.1, -0.05) is 6.07 Å². The summed E-state index contributed by atoms with van der Waals surface area (Å²) < 4.78 is 0. The van der Waals surface area contributed by atoms with Gasteiger partial charge in [0.2, 0.25) is 0 Å². The molecule has 1 amide bonds. The fourth-order valence-corrected chi connectivity index (χ4v) is 2.11. The van der Waals surface area contributed by atoms with E-state index in [-0.39, 0.29) is 18.1 Å². The smallest absolute Gasteiger partial charge is 0.251 e. The molecule has 0 heterocycles. The van der Waals surface area contributed by atoms with Crippen LogP contribution in [-0.4, -0.2) is 23.2 Å². The highest BCUT2D eigenvalue weighted by molar-refractivity contribution is 7.80. The Morgan fingerprint density at radius 3 is 2.75 bits per heavy atom. The molecule has 1 fully saturated rings. The Hall–Kier alpha value is -1.00. The largest absolute Gasteiger partial charge is 0.394 e. The number of carbonyl (C=O) groups is 1. The second-order valence-electron chi connectivity index (χ2n) is 4.30. The monoisotopic (exact) mass is 237 g/mol. The van der Waals surface area contributed by atoms with Crippen molar-refractivity contribution in [3.8, 4) is 0 Å². The van der Waals surface area contributed by atoms with E-state index in [0.29, 0.717) is 5.56 Å². The Morgan fingerprint density at radius 1 is 1.50 bits per heavy atom. The molecule has 3 nitrogen and oxygen atoms in total. The molecule has 0 unspecified atom stereocenters. The third-order valence-electron chi connectivity index (χ3n) is 3.10. The van der Waals surface area contributed by atoms with E-state index in [1.807, 2.05) is 6.07 Å². The maximum atomic E-state index is 11.9. The minimum atomic E-state index is -0.385. The summed E-state index contributed by atoms with van der Waals surface area (Å²) in [6.07, 6.45) is 2.78. The summed E-state index contributed by atoms with van der Waals surface area (Å²) in [5, 5.41) is 12.2. The lowest BCUT2D eigenvalue weighted by Gasteiger charge is -2.40. The number of nitrogens with one attached hydrogen (secondary N) is 1. The number of carbonyl (C=O) groups excluding carboxylic acids is 1. The van der Waals surface area contributed by atoms with Crippen LogP contribution in [0.25, 0.3) is 0 Å². The van der Waals surface area contributed by atoms with Crippen molar-refractivity contribution in [2.24, 2.45) is 0 Å². The van der Waals surface area contributed by atoms with Gasteiger partial charge in [-0.2, -0.15) is 0 Å². The molecule has 1 aromatic carbocycles. The van der Waals surface area contributed by atoms with Crippen molar-refractivity contribution in [3.63, 3.8) is 0 Å². The van der Waals surface area contributed by atoms with Crippen LogP contribution in [0, 0.1) is 0 Å². The first-order valence-electron chi connectivity index (χ1n) is 5.38. The summed E-state index contributed by atoms with van der Waals surface area (Å²) in [5.41, 5.74) is 0.205. The van der Waals surface area contributed by atoms with Crippen molar-refractivity contribution >= 4 is 18.5 Å². The molecule has 2 N–H and O–H groups in total. The summed E-state index contributed by atoms with van der Waals surface area (Å²) in [7, 11) is 0. The predicted molar refractivity (Wildman–Crippen MR) is 64.8 cm³/mol. The van der Waals surface area contributed by atoms with E-state index in [4.69, 9.17) is 0 Å². The molecule has 0 radical (unpaired) electrons. The van der Waals surface area contributed by atoms with Crippen LogP contribution in [0.2, 0.25) is 0 Å². The molecule has 1 saturated carbocycles. The molecule has 0 spiro atoms. The van der Waals surface area contributed by atoms with E-state index in [2.05, 4.69) is 17.9 Å². The molecular weight excluding hydrogens is 222 g/mol. The zero-order chi connectivity index (χ0) is 11.6. The minimum absolute atomic E-state index is 0.0132. The van der Waals surface area contributed by atoms with Crippen molar-refractivity contribution < 1.29 is 9.90 Å². The van der Waals surface area contributed by atoms with Gasteiger partial charge in [0.1, 0.15) is 0 Å². The predicted octanol–water partition coefficient (Wildman–Crippen LogP) is 1.62. The molecule has 1 aliphatic rings. The topological polar surface area (TPSA) is 49.3 Å². The second kappa shape index (κ2) is 4.47. The molecule has 86 valence electrons. The average Bonchev–Trinajstić information content (AvgIpc) is 2.23. The number of thiol groups is 1. The van der Waals surface area contributed by atoms with Gasteiger partial charge in [0.25, 0.3) is 5.91 Å². The van der Waals surface area contributed by atoms with Crippen LogP contribution in [-0.2, 0) is 0 Å². The SMILES string of the molecule is O=C(NC1(CO)CCC1)c1cccc(S)c1. The van der Waals surface area contributed by atoms with Gasteiger partial charge in [0.05, 0.1) is 12.1 Å². The van der Waals surface area contributed by atoms with Gasteiger partial charge in [0, 0.05) is 10.5 Å². The Balaban J connectivity index is 2.08. The van der Waals surface area contributed by atoms with Gasteiger partial charge in [-0.25, -0.2) is 0 Å². The molecule has 0 aromatic heterocycles. The van der Waals surface area contributed by atoms with E-state index in [1.165, 1.54) is 0 Å². The molecule has 1 aromatic rings. The summed E-state index contributed by atoms with van der Waals surface area (Å²) in [6.45, 7) is 0.0132. The van der Waals surface area contributed by atoms with E-state index in [9.17, 15) is 9.90 Å². The van der Waals surface area contributed by atoms with Gasteiger partial charge < -0.3 is 10.4 Å². The van der Waals surface area contributed by atoms with E-state index in [1.54, 1.807) is 18.2 Å². The van der Waals surface area contributed by atoms with Crippen LogP contribution >= 0.6 is 12.6 Å². The summed E-state index contributed by atoms with van der Waals surface area (Å²) >= 11 is 4.19. The Morgan fingerprint density at radius 2 is 2.25 bits per heavy atom. The first-order valence-corrected chi connectivity index (χ1v) is 5.82. The zero-order valence-electron chi connectivity index (χ0n) is 8.94.